The fraction of sp³-hybridized carbons (Fsp3) is 0.318. The van der Waals surface area contributed by atoms with Crippen molar-refractivity contribution in [2.75, 3.05) is 39.5 Å². The van der Waals surface area contributed by atoms with Crippen molar-refractivity contribution < 1.29 is 18.7 Å². The number of nitrogens with zero attached hydrogens (tertiary/aromatic N) is 1. The molecule has 0 unspecified atom stereocenters. The molecule has 6 heteroatoms. The predicted molar refractivity (Wildman–Crippen MR) is 106 cm³/mol. The highest BCUT2D eigenvalue weighted by Crippen LogP contribution is 2.13. The van der Waals surface area contributed by atoms with Crippen molar-refractivity contribution in [3.8, 4) is 5.75 Å². The topological polar surface area (TPSA) is 50.8 Å². The van der Waals surface area contributed by atoms with Crippen LogP contribution in [0.15, 0.2) is 54.6 Å². The summed E-state index contributed by atoms with van der Waals surface area (Å²) in [5.74, 6) is 0.228. The summed E-state index contributed by atoms with van der Waals surface area (Å²) in [6.45, 7) is 5.33. The highest BCUT2D eigenvalue weighted by Gasteiger charge is 2.09. The molecule has 0 aromatic heterocycles. The second-order valence-corrected chi connectivity index (χ2v) is 6.56. The molecule has 1 fully saturated rings. The molecule has 0 spiro atoms. The van der Waals surface area contributed by atoms with Crippen molar-refractivity contribution in [2.24, 2.45) is 0 Å². The molecule has 28 heavy (non-hydrogen) atoms. The fourth-order valence-corrected chi connectivity index (χ4v) is 2.89. The van der Waals surface area contributed by atoms with Crippen LogP contribution < -0.4 is 10.1 Å². The van der Waals surface area contributed by atoms with Crippen molar-refractivity contribution in [2.45, 2.75) is 6.54 Å². The molecular formula is C22H25FN2O3. The van der Waals surface area contributed by atoms with Crippen molar-refractivity contribution in [3.63, 3.8) is 0 Å². The second kappa shape index (κ2) is 10.6. The molecular weight excluding hydrogens is 359 g/mol. The van der Waals surface area contributed by atoms with Crippen LogP contribution in [0.4, 0.5) is 4.39 Å². The molecule has 0 saturated carbocycles. The number of halogens is 1. The first-order chi connectivity index (χ1) is 13.7. The van der Waals surface area contributed by atoms with Gasteiger partial charge >= 0.3 is 0 Å². The Kier molecular flexibility index (Phi) is 7.58. The number of carbonyl (C=O) groups excluding carboxylic acids is 1. The Morgan fingerprint density at radius 2 is 2.00 bits per heavy atom. The maximum absolute atomic E-state index is 13.1. The number of hydrogen-bond donors (Lipinski definition) is 1. The number of benzene rings is 2. The molecule has 1 aliphatic heterocycles. The molecule has 1 saturated heterocycles. The van der Waals surface area contributed by atoms with Crippen molar-refractivity contribution in [1.82, 2.24) is 10.2 Å². The summed E-state index contributed by atoms with van der Waals surface area (Å²) in [6, 6.07) is 13.8. The molecule has 2 aromatic carbocycles. The summed E-state index contributed by atoms with van der Waals surface area (Å²) in [4.78, 5) is 14.3. The van der Waals surface area contributed by atoms with E-state index in [1.54, 1.807) is 18.2 Å². The minimum absolute atomic E-state index is 0.233. The third kappa shape index (κ3) is 6.79. The van der Waals surface area contributed by atoms with E-state index in [2.05, 4.69) is 10.2 Å². The smallest absolute Gasteiger partial charge is 0.244 e. The molecule has 1 amide bonds. The zero-order valence-corrected chi connectivity index (χ0v) is 15.8. The van der Waals surface area contributed by atoms with Crippen LogP contribution in [0, 0.1) is 5.82 Å². The Morgan fingerprint density at radius 3 is 2.82 bits per heavy atom. The van der Waals surface area contributed by atoms with Crippen LogP contribution in [0.3, 0.4) is 0 Å². The predicted octanol–water partition coefficient (Wildman–Crippen LogP) is 2.87. The Balaban J connectivity index is 1.42. The van der Waals surface area contributed by atoms with E-state index in [-0.39, 0.29) is 11.7 Å². The van der Waals surface area contributed by atoms with E-state index in [0.29, 0.717) is 18.7 Å². The standard InChI is InChI=1S/C22H25FN2O3/c23-20-5-1-3-18(15-20)7-8-22(26)24-17-19-4-2-6-21(16-19)28-14-11-25-9-12-27-13-10-25/h1-8,15-16H,9-14,17H2,(H,24,26). The van der Waals surface area contributed by atoms with Gasteiger partial charge in [0, 0.05) is 32.3 Å². The van der Waals surface area contributed by atoms with Gasteiger partial charge in [0.05, 0.1) is 13.2 Å². The van der Waals surface area contributed by atoms with E-state index in [9.17, 15) is 9.18 Å². The highest BCUT2D eigenvalue weighted by molar-refractivity contribution is 5.91. The zero-order valence-electron chi connectivity index (χ0n) is 15.8. The Bertz CT molecular complexity index is 804. The van der Waals surface area contributed by atoms with E-state index in [0.717, 1.165) is 44.2 Å². The molecule has 0 atom stereocenters. The molecule has 3 rings (SSSR count). The molecule has 2 aromatic rings. The maximum Gasteiger partial charge on any atom is 0.244 e. The molecule has 0 radical (unpaired) electrons. The van der Waals surface area contributed by atoms with Gasteiger partial charge in [-0.05, 0) is 41.5 Å². The fourth-order valence-electron chi connectivity index (χ4n) is 2.89. The number of carbonyl (C=O) groups is 1. The van der Waals surface area contributed by atoms with Gasteiger partial charge in [-0.25, -0.2) is 4.39 Å². The van der Waals surface area contributed by atoms with Crippen LogP contribution in [-0.4, -0.2) is 50.3 Å². The van der Waals surface area contributed by atoms with Gasteiger partial charge in [0.1, 0.15) is 18.2 Å². The van der Waals surface area contributed by atoms with Gasteiger partial charge in [-0.3, -0.25) is 9.69 Å². The highest BCUT2D eigenvalue weighted by atomic mass is 19.1. The van der Waals surface area contributed by atoms with Gasteiger partial charge in [-0.15, -0.1) is 0 Å². The maximum atomic E-state index is 13.1. The first-order valence-electron chi connectivity index (χ1n) is 9.42. The van der Waals surface area contributed by atoms with Crippen LogP contribution in [0.2, 0.25) is 0 Å². The minimum Gasteiger partial charge on any atom is -0.492 e. The summed E-state index contributed by atoms with van der Waals surface area (Å²) < 4.78 is 24.3. The normalized spacial score (nSPS) is 14.9. The van der Waals surface area contributed by atoms with Gasteiger partial charge in [-0.1, -0.05) is 24.3 Å². The van der Waals surface area contributed by atoms with Crippen molar-refractivity contribution >= 4 is 12.0 Å². The summed E-state index contributed by atoms with van der Waals surface area (Å²) in [7, 11) is 0. The molecule has 1 aliphatic rings. The number of ether oxygens (including phenoxy) is 2. The number of morpholine rings is 1. The number of nitrogens with one attached hydrogen (secondary N) is 1. The van der Waals surface area contributed by atoms with Gasteiger partial charge in [0.25, 0.3) is 0 Å². The zero-order chi connectivity index (χ0) is 19.6. The monoisotopic (exact) mass is 384 g/mol. The van der Waals surface area contributed by atoms with Crippen LogP contribution in [0.1, 0.15) is 11.1 Å². The SMILES string of the molecule is O=C(C=Cc1cccc(F)c1)NCc1cccc(OCCN2CCOCC2)c1. The molecule has 1 N–H and O–H groups in total. The van der Waals surface area contributed by atoms with Crippen LogP contribution in [0.25, 0.3) is 6.08 Å². The van der Waals surface area contributed by atoms with Gasteiger partial charge < -0.3 is 14.8 Å². The van der Waals surface area contributed by atoms with E-state index < -0.39 is 0 Å². The number of amides is 1. The summed E-state index contributed by atoms with van der Waals surface area (Å²) in [6.07, 6.45) is 2.99. The molecule has 148 valence electrons. The summed E-state index contributed by atoms with van der Waals surface area (Å²) in [5, 5.41) is 2.82. The van der Waals surface area contributed by atoms with Crippen molar-refractivity contribution in [3.05, 3.63) is 71.6 Å². The number of hydrogen-bond acceptors (Lipinski definition) is 4. The minimum atomic E-state index is -0.326. The Morgan fingerprint density at radius 1 is 1.18 bits per heavy atom. The van der Waals surface area contributed by atoms with E-state index in [4.69, 9.17) is 9.47 Å². The Hall–Kier alpha value is -2.70. The second-order valence-electron chi connectivity index (χ2n) is 6.56. The lowest BCUT2D eigenvalue weighted by atomic mass is 10.2. The van der Waals surface area contributed by atoms with Crippen LogP contribution in [-0.2, 0) is 16.1 Å². The van der Waals surface area contributed by atoms with Gasteiger partial charge in [0.15, 0.2) is 0 Å². The lowest BCUT2D eigenvalue weighted by Gasteiger charge is -2.26. The first kappa shape index (κ1) is 20.0. The quantitative estimate of drug-likeness (QED) is 0.711. The molecule has 1 heterocycles. The Labute approximate surface area is 164 Å². The molecule has 0 aliphatic carbocycles. The van der Waals surface area contributed by atoms with E-state index >= 15 is 0 Å². The first-order valence-corrected chi connectivity index (χ1v) is 9.42. The largest absolute Gasteiger partial charge is 0.492 e. The lowest BCUT2D eigenvalue weighted by Crippen LogP contribution is -2.38. The van der Waals surface area contributed by atoms with Crippen molar-refractivity contribution in [1.29, 1.82) is 0 Å². The third-order valence-electron chi connectivity index (χ3n) is 4.42. The van der Waals surface area contributed by atoms with Gasteiger partial charge in [-0.2, -0.15) is 0 Å². The summed E-state index contributed by atoms with van der Waals surface area (Å²) >= 11 is 0. The van der Waals surface area contributed by atoms with E-state index in [1.807, 2.05) is 24.3 Å². The van der Waals surface area contributed by atoms with E-state index in [1.165, 1.54) is 18.2 Å². The number of rotatable bonds is 8. The van der Waals surface area contributed by atoms with Gasteiger partial charge in [0.2, 0.25) is 5.91 Å². The average molecular weight is 384 g/mol. The summed E-state index contributed by atoms with van der Waals surface area (Å²) in [5.41, 5.74) is 1.60. The molecule has 5 nitrogen and oxygen atoms in total. The lowest BCUT2D eigenvalue weighted by molar-refractivity contribution is -0.116. The average Bonchev–Trinajstić information content (AvgIpc) is 2.72. The third-order valence-corrected chi connectivity index (χ3v) is 4.42. The van der Waals surface area contributed by atoms with Crippen LogP contribution >= 0.6 is 0 Å². The van der Waals surface area contributed by atoms with Crippen LogP contribution in [0.5, 0.6) is 5.75 Å². The molecule has 0 bridgehead atoms.